The molecule has 3 aliphatic heterocycles. The maximum Gasteiger partial charge on any atom is 0.264 e. The number of carbonyl (C=O) groups excluding carboxylic acids is 2. The van der Waals surface area contributed by atoms with Gasteiger partial charge in [-0.1, -0.05) is 6.42 Å². The lowest BCUT2D eigenvalue weighted by Crippen LogP contribution is -2.63. The molecule has 0 N–H and O–H groups in total. The fraction of sp³-hybridized carbons (Fsp3) is 0.857. The number of hydrogen-bond donors (Lipinski definition) is 0. The highest BCUT2D eigenvalue weighted by atomic mass is 16.6. The zero-order valence-electron chi connectivity index (χ0n) is 10.8. The Kier molecular flexibility index (Phi) is 1.92. The van der Waals surface area contributed by atoms with Crippen LogP contribution in [0.1, 0.15) is 45.4 Å². The molecule has 1 spiro atoms. The van der Waals surface area contributed by atoms with Gasteiger partial charge in [0.25, 0.3) is 5.91 Å². The highest BCUT2D eigenvalue weighted by Crippen LogP contribution is 2.62. The number of fused-ring (bicyclic) bond motifs is 1. The Morgan fingerprint density at radius 3 is 2.78 bits per heavy atom. The van der Waals surface area contributed by atoms with E-state index in [0.717, 1.165) is 32.2 Å². The number of hydrogen-bond acceptors (Lipinski definition) is 3. The number of Topliss-reactive ketones (excluding diaryl/α,β-unsaturated/α-hetero) is 1. The maximum absolute atomic E-state index is 12.6. The summed E-state index contributed by atoms with van der Waals surface area (Å²) in [6, 6.07) is 0. The van der Waals surface area contributed by atoms with E-state index < -0.39 is 11.3 Å². The predicted molar refractivity (Wildman–Crippen MR) is 63.6 cm³/mol. The van der Waals surface area contributed by atoms with E-state index in [1.165, 1.54) is 13.3 Å². The van der Waals surface area contributed by atoms with Crippen LogP contribution in [0.2, 0.25) is 0 Å². The predicted octanol–water partition coefficient (Wildman–Crippen LogP) is 1.48. The number of amides is 1. The van der Waals surface area contributed by atoms with Gasteiger partial charge >= 0.3 is 0 Å². The van der Waals surface area contributed by atoms with Gasteiger partial charge in [0.15, 0.2) is 11.5 Å². The normalized spacial score (nSPS) is 49.4. The van der Waals surface area contributed by atoms with Gasteiger partial charge < -0.3 is 9.64 Å². The van der Waals surface area contributed by atoms with Crippen LogP contribution < -0.4 is 0 Å². The first-order valence-corrected chi connectivity index (χ1v) is 7.14. The van der Waals surface area contributed by atoms with E-state index in [-0.39, 0.29) is 11.7 Å². The Morgan fingerprint density at radius 1 is 1.28 bits per heavy atom. The summed E-state index contributed by atoms with van der Waals surface area (Å²) in [4.78, 5) is 26.5. The number of piperidine rings is 2. The smallest absolute Gasteiger partial charge is 0.264 e. The molecule has 3 heterocycles. The Balaban J connectivity index is 1.87. The van der Waals surface area contributed by atoms with Crippen LogP contribution in [0.15, 0.2) is 0 Å². The summed E-state index contributed by atoms with van der Waals surface area (Å²) >= 11 is 0. The molecule has 0 radical (unpaired) electrons. The molecule has 2 bridgehead atoms. The molecule has 1 amide bonds. The Labute approximate surface area is 107 Å². The van der Waals surface area contributed by atoms with Crippen LogP contribution >= 0.6 is 0 Å². The summed E-state index contributed by atoms with van der Waals surface area (Å²) in [5, 5.41) is 0. The SMILES string of the molecule is CC(=O)[C@]12C[C@H]3CCC[C@@H]4CCCN(C1=O)[C@@]43O2. The van der Waals surface area contributed by atoms with Crippen LogP contribution in [0.3, 0.4) is 0 Å². The molecule has 0 aromatic rings. The molecular formula is C14H19NO3. The minimum absolute atomic E-state index is 0.0437. The third kappa shape index (κ3) is 0.954. The van der Waals surface area contributed by atoms with E-state index in [4.69, 9.17) is 4.74 Å². The molecule has 0 unspecified atom stereocenters. The molecule has 4 nitrogen and oxygen atoms in total. The van der Waals surface area contributed by atoms with E-state index in [1.807, 2.05) is 4.90 Å². The van der Waals surface area contributed by atoms with Gasteiger partial charge in [0, 0.05) is 24.8 Å². The largest absolute Gasteiger partial charge is 0.331 e. The first-order chi connectivity index (χ1) is 8.61. The molecule has 4 aliphatic rings. The van der Waals surface area contributed by atoms with Crippen molar-refractivity contribution in [3.05, 3.63) is 0 Å². The Bertz CT molecular complexity index is 446. The van der Waals surface area contributed by atoms with E-state index >= 15 is 0 Å². The minimum atomic E-state index is -1.11. The second-order valence-corrected chi connectivity index (χ2v) is 6.37. The van der Waals surface area contributed by atoms with Crippen LogP contribution in [0.25, 0.3) is 0 Å². The monoisotopic (exact) mass is 249 g/mol. The molecule has 18 heavy (non-hydrogen) atoms. The number of ether oxygens (including phenoxy) is 1. The number of nitrogens with zero attached hydrogens (tertiary/aromatic N) is 1. The average Bonchev–Trinajstić information content (AvgIpc) is 2.83. The molecule has 0 aromatic heterocycles. The highest BCUT2D eigenvalue weighted by molar-refractivity contribution is 6.10. The summed E-state index contributed by atoms with van der Waals surface area (Å²) in [5.41, 5.74) is -1.52. The van der Waals surface area contributed by atoms with Gasteiger partial charge in [-0.15, -0.1) is 0 Å². The van der Waals surface area contributed by atoms with Crippen molar-refractivity contribution in [1.82, 2.24) is 4.90 Å². The van der Waals surface area contributed by atoms with Gasteiger partial charge in [0.2, 0.25) is 5.60 Å². The zero-order chi connectivity index (χ0) is 12.5. The van der Waals surface area contributed by atoms with Gasteiger partial charge in [0.05, 0.1) is 0 Å². The molecule has 4 atom stereocenters. The van der Waals surface area contributed by atoms with Crippen LogP contribution in [0.4, 0.5) is 0 Å². The second kappa shape index (κ2) is 3.16. The summed E-state index contributed by atoms with van der Waals surface area (Å²) in [5.74, 6) is 0.707. The fourth-order valence-corrected chi connectivity index (χ4v) is 4.93. The van der Waals surface area contributed by atoms with Gasteiger partial charge in [-0.05, 0) is 32.6 Å². The lowest BCUT2D eigenvalue weighted by Gasteiger charge is -2.52. The van der Waals surface area contributed by atoms with Crippen LogP contribution in [-0.4, -0.2) is 34.5 Å². The van der Waals surface area contributed by atoms with E-state index in [1.54, 1.807) is 0 Å². The summed E-state index contributed by atoms with van der Waals surface area (Å²) in [7, 11) is 0. The van der Waals surface area contributed by atoms with Gasteiger partial charge in [-0.3, -0.25) is 9.59 Å². The minimum Gasteiger partial charge on any atom is -0.331 e. The highest BCUT2D eigenvalue weighted by Gasteiger charge is 2.75. The summed E-state index contributed by atoms with van der Waals surface area (Å²) < 4.78 is 6.22. The standard InChI is InChI=1S/C14H19NO3/c1-9(16)13-8-11-5-2-4-10-6-3-7-15(12(13)17)14(10,11)18-13/h10-11H,2-8H2,1H3/t10-,11-,13-,14-/m1/s1. The van der Waals surface area contributed by atoms with Crippen molar-refractivity contribution in [2.45, 2.75) is 56.8 Å². The van der Waals surface area contributed by atoms with Crippen molar-refractivity contribution in [3.63, 3.8) is 0 Å². The van der Waals surface area contributed by atoms with E-state index in [0.29, 0.717) is 18.3 Å². The topological polar surface area (TPSA) is 46.6 Å². The van der Waals surface area contributed by atoms with Gasteiger partial charge in [-0.25, -0.2) is 0 Å². The molecule has 4 heteroatoms. The number of carbonyl (C=O) groups is 2. The maximum atomic E-state index is 12.6. The molecule has 0 aromatic carbocycles. The molecule has 1 saturated carbocycles. The van der Waals surface area contributed by atoms with Crippen LogP contribution in [0, 0.1) is 11.8 Å². The Morgan fingerprint density at radius 2 is 2.00 bits per heavy atom. The van der Waals surface area contributed by atoms with Crippen LogP contribution in [0.5, 0.6) is 0 Å². The molecule has 4 rings (SSSR count). The second-order valence-electron chi connectivity index (χ2n) is 6.37. The van der Waals surface area contributed by atoms with Crippen molar-refractivity contribution in [2.24, 2.45) is 11.8 Å². The molecule has 98 valence electrons. The molecule has 3 saturated heterocycles. The van der Waals surface area contributed by atoms with Crippen LogP contribution in [-0.2, 0) is 14.3 Å². The first-order valence-electron chi connectivity index (χ1n) is 7.14. The van der Waals surface area contributed by atoms with Crippen molar-refractivity contribution in [1.29, 1.82) is 0 Å². The molecular weight excluding hydrogens is 230 g/mol. The third-order valence-electron chi connectivity index (χ3n) is 5.66. The van der Waals surface area contributed by atoms with Crippen molar-refractivity contribution >= 4 is 11.7 Å². The average molecular weight is 249 g/mol. The van der Waals surface area contributed by atoms with E-state index in [9.17, 15) is 9.59 Å². The van der Waals surface area contributed by atoms with Gasteiger partial charge in [0.1, 0.15) is 0 Å². The molecule has 4 fully saturated rings. The quantitative estimate of drug-likeness (QED) is 0.661. The number of ketones is 1. The zero-order valence-corrected chi connectivity index (χ0v) is 10.8. The van der Waals surface area contributed by atoms with E-state index in [2.05, 4.69) is 0 Å². The summed E-state index contributed by atoms with van der Waals surface area (Å²) in [6.07, 6.45) is 6.31. The lowest BCUT2D eigenvalue weighted by molar-refractivity contribution is -0.187. The van der Waals surface area contributed by atoms with Gasteiger partial charge in [-0.2, -0.15) is 0 Å². The first kappa shape index (κ1) is 11.0. The Hall–Kier alpha value is -0.900. The van der Waals surface area contributed by atoms with Crippen molar-refractivity contribution in [2.75, 3.05) is 6.54 Å². The fourth-order valence-electron chi connectivity index (χ4n) is 4.93. The third-order valence-corrected chi connectivity index (χ3v) is 5.66. The van der Waals surface area contributed by atoms with Crippen molar-refractivity contribution < 1.29 is 14.3 Å². The van der Waals surface area contributed by atoms with Crippen molar-refractivity contribution in [3.8, 4) is 0 Å². The number of rotatable bonds is 1. The molecule has 1 aliphatic carbocycles. The summed E-state index contributed by atoms with van der Waals surface area (Å²) in [6.45, 7) is 2.29. The lowest BCUT2D eigenvalue weighted by atomic mass is 9.66.